The van der Waals surface area contributed by atoms with Gasteiger partial charge in [0.15, 0.2) is 0 Å². The SMILES string of the molecule is CCC(=O)O.O=C1N=CNC1=O. The standard InChI is InChI=1S/C3H2N2O2.C3H6O2/c6-2-3(7)5-1-4-2;1-2-3(4)5/h1H,(H,4,5,6,7);2H2,1H3,(H,4,5). The smallest absolute Gasteiger partial charge is 0.336 e. The van der Waals surface area contributed by atoms with Crippen LogP contribution in [0.2, 0.25) is 0 Å². The minimum Gasteiger partial charge on any atom is -0.481 e. The predicted octanol–water partition coefficient (Wildman–Crippen LogP) is -0.848. The van der Waals surface area contributed by atoms with Crippen LogP contribution < -0.4 is 5.32 Å². The Labute approximate surface area is 68.3 Å². The first-order valence-electron chi connectivity index (χ1n) is 3.17. The Bertz CT molecular complexity index is 234. The molecule has 0 spiro atoms. The van der Waals surface area contributed by atoms with Crippen LogP contribution in [-0.2, 0) is 14.4 Å². The predicted molar refractivity (Wildman–Crippen MR) is 39.6 cm³/mol. The summed E-state index contributed by atoms with van der Waals surface area (Å²) >= 11 is 0. The van der Waals surface area contributed by atoms with Gasteiger partial charge in [0.05, 0.1) is 6.34 Å². The number of aliphatic carboxylic acids is 1. The number of carboxylic acid groups (broad SMARTS) is 1. The molecule has 0 aromatic heterocycles. The maximum atomic E-state index is 9.99. The number of carbonyl (C=O) groups excluding carboxylic acids is 2. The zero-order valence-electron chi connectivity index (χ0n) is 6.40. The lowest BCUT2D eigenvalue weighted by Gasteiger charge is -1.75. The number of carboxylic acids is 1. The number of aliphatic imine (C=N–C) groups is 1. The minimum atomic E-state index is -0.745. The maximum absolute atomic E-state index is 9.99. The van der Waals surface area contributed by atoms with Crippen LogP contribution in [0.25, 0.3) is 0 Å². The molecule has 0 atom stereocenters. The second-order valence-corrected chi connectivity index (χ2v) is 1.78. The lowest BCUT2D eigenvalue weighted by atomic mass is 10.5. The van der Waals surface area contributed by atoms with Gasteiger partial charge in [-0.2, -0.15) is 4.99 Å². The quantitative estimate of drug-likeness (QED) is 0.503. The summed E-state index contributed by atoms with van der Waals surface area (Å²) in [4.78, 5) is 32.4. The van der Waals surface area contributed by atoms with Crippen LogP contribution >= 0.6 is 0 Å². The summed E-state index contributed by atoms with van der Waals surface area (Å²) in [5.41, 5.74) is 0. The molecule has 2 N–H and O–H groups in total. The van der Waals surface area contributed by atoms with E-state index in [1.807, 2.05) is 0 Å². The van der Waals surface area contributed by atoms with Crippen molar-refractivity contribution >= 4 is 24.1 Å². The van der Waals surface area contributed by atoms with Crippen molar-refractivity contribution < 1.29 is 19.5 Å². The van der Waals surface area contributed by atoms with Crippen molar-refractivity contribution in [2.45, 2.75) is 13.3 Å². The second kappa shape index (κ2) is 5.00. The van der Waals surface area contributed by atoms with Crippen LogP contribution in [0.4, 0.5) is 0 Å². The molecule has 2 amide bonds. The topological polar surface area (TPSA) is 95.8 Å². The first-order chi connectivity index (χ1) is 5.57. The molecule has 0 bridgehead atoms. The highest BCUT2D eigenvalue weighted by Gasteiger charge is 2.14. The van der Waals surface area contributed by atoms with E-state index in [1.165, 1.54) is 0 Å². The largest absolute Gasteiger partial charge is 0.481 e. The molecule has 6 heteroatoms. The average Bonchev–Trinajstić information content (AvgIpc) is 2.37. The number of amides is 2. The van der Waals surface area contributed by atoms with Crippen molar-refractivity contribution in [2.24, 2.45) is 4.99 Å². The molecule has 1 rings (SSSR count). The van der Waals surface area contributed by atoms with Gasteiger partial charge in [0.2, 0.25) is 0 Å². The first kappa shape index (κ1) is 10.3. The summed E-state index contributed by atoms with van der Waals surface area (Å²) in [5.74, 6) is -2.12. The maximum Gasteiger partial charge on any atom is 0.336 e. The molecule has 1 aliphatic heterocycles. The zero-order chi connectivity index (χ0) is 9.56. The lowest BCUT2D eigenvalue weighted by Crippen LogP contribution is -2.19. The molecule has 12 heavy (non-hydrogen) atoms. The molecule has 0 aromatic rings. The van der Waals surface area contributed by atoms with Crippen molar-refractivity contribution in [1.82, 2.24) is 5.32 Å². The number of hydrogen-bond donors (Lipinski definition) is 2. The lowest BCUT2D eigenvalue weighted by molar-refractivity contribution is -0.136. The average molecular weight is 172 g/mol. The van der Waals surface area contributed by atoms with Gasteiger partial charge in [-0.3, -0.25) is 14.4 Å². The van der Waals surface area contributed by atoms with Crippen molar-refractivity contribution in [3.8, 4) is 0 Å². The Morgan fingerprint density at radius 2 is 2.17 bits per heavy atom. The van der Waals surface area contributed by atoms with Gasteiger partial charge in [0.25, 0.3) is 0 Å². The van der Waals surface area contributed by atoms with Crippen molar-refractivity contribution in [1.29, 1.82) is 0 Å². The van der Waals surface area contributed by atoms with Crippen LogP contribution in [0, 0.1) is 0 Å². The molecule has 66 valence electrons. The highest BCUT2D eigenvalue weighted by atomic mass is 16.4. The Kier molecular flexibility index (Phi) is 4.28. The monoisotopic (exact) mass is 172 g/mol. The van der Waals surface area contributed by atoms with Gasteiger partial charge in [-0.15, -0.1) is 0 Å². The van der Waals surface area contributed by atoms with E-state index in [0.29, 0.717) is 0 Å². The number of nitrogens with one attached hydrogen (secondary N) is 1. The zero-order valence-corrected chi connectivity index (χ0v) is 6.40. The Balaban J connectivity index is 0.000000217. The summed E-state index contributed by atoms with van der Waals surface area (Å²) in [6.07, 6.45) is 1.30. The number of hydrogen-bond acceptors (Lipinski definition) is 3. The Hall–Kier alpha value is -1.72. The minimum absolute atomic E-state index is 0.222. The van der Waals surface area contributed by atoms with Crippen molar-refractivity contribution in [3.63, 3.8) is 0 Å². The van der Waals surface area contributed by atoms with Crippen LogP contribution in [0.5, 0.6) is 0 Å². The van der Waals surface area contributed by atoms with E-state index >= 15 is 0 Å². The molecule has 0 saturated heterocycles. The van der Waals surface area contributed by atoms with Gasteiger partial charge in [0, 0.05) is 6.42 Å². The molecular formula is C6H8N2O4. The molecule has 0 aliphatic carbocycles. The van der Waals surface area contributed by atoms with E-state index in [9.17, 15) is 14.4 Å². The van der Waals surface area contributed by atoms with Crippen LogP contribution in [-0.4, -0.2) is 29.2 Å². The van der Waals surface area contributed by atoms with Gasteiger partial charge < -0.3 is 10.4 Å². The molecule has 0 aromatic carbocycles. The fourth-order valence-corrected chi connectivity index (χ4v) is 0.270. The summed E-state index contributed by atoms with van der Waals surface area (Å²) in [7, 11) is 0. The third-order valence-electron chi connectivity index (χ3n) is 0.874. The molecule has 0 radical (unpaired) electrons. The van der Waals surface area contributed by atoms with Crippen LogP contribution in [0.15, 0.2) is 4.99 Å². The van der Waals surface area contributed by atoms with Gasteiger partial charge >= 0.3 is 17.8 Å². The highest BCUT2D eigenvalue weighted by molar-refractivity contribution is 6.41. The molecule has 0 saturated carbocycles. The van der Waals surface area contributed by atoms with E-state index in [0.717, 1.165) is 6.34 Å². The fourth-order valence-electron chi connectivity index (χ4n) is 0.270. The third-order valence-corrected chi connectivity index (χ3v) is 0.874. The van der Waals surface area contributed by atoms with E-state index in [4.69, 9.17) is 5.11 Å². The first-order valence-corrected chi connectivity index (χ1v) is 3.17. The van der Waals surface area contributed by atoms with Gasteiger partial charge in [-0.1, -0.05) is 6.92 Å². The van der Waals surface area contributed by atoms with Crippen molar-refractivity contribution in [2.75, 3.05) is 0 Å². The normalized spacial score (nSPS) is 13.4. The molecule has 0 fully saturated rings. The van der Waals surface area contributed by atoms with Gasteiger partial charge in [-0.05, 0) is 0 Å². The van der Waals surface area contributed by atoms with Crippen LogP contribution in [0.3, 0.4) is 0 Å². The molecule has 0 unspecified atom stereocenters. The molecular weight excluding hydrogens is 164 g/mol. The second-order valence-electron chi connectivity index (χ2n) is 1.78. The van der Waals surface area contributed by atoms with Crippen molar-refractivity contribution in [3.05, 3.63) is 0 Å². The Morgan fingerprint density at radius 3 is 2.25 bits per heavy atom. The number of nitrogens with zero attached hydrogens (tertiary/aromatic N) is 1. The summed E-state index contributed by atoms with van der Waals surface area (Å²) in [6.45, 7) is 1.60. The van der Waals surface area contributed by atoms with Gasteiger partial charge in [0.1, 0.15) is 0 Å². The summed E-state index contributed by atoms with van der Waals surface area (Å²) in [5, 5.41) is 9.81. The molecule has 1 heterocycles. The van der Waals surface area contributed by atoms with E-state index in [2.05, 4.69) is 10.3 Å². The van der Waals surface area contributed by atoms with Gasteiger partial charge in [-0.25, -0.2) is 0 Å². The fraction of sp³-hybridized carbons (Fsp3) is 0.333. The molecule has 1 aliphatic rings. The Morgan fingerprint density at radius 1 is 1.67 bits per heavy atom. The highest BCUT2D eigenvalue weighted by Crippen LogP contribution is 1.78. The van der Waals surface area contributed by atoms with E-state index in [-0.39, 0.29) is 6.42 Å². The third kappa shape index (κ3) is 4.15. The summed E-state index contributed by atoms with van der Waals surface area (Å²) < 4.78 is 0. The van der Waals surface area contributed by atoms with E-state index < -0.39 is 17.8 Å². The summed E-state index contributed by atoms with van der Waals surface area (Å²) in [6, 6.07) is 0. The number of carbonyl (C=O) groups is 3. The van der Waals surface area contributed by atoms with Crippen LogP contribution in [0.1, 0.15) is 13.3 Å². The van der Waals surface area contributed by atoms with E-state index in [1.54, 1.807) is 6.92 Å². The molecule has 6 nitrogen and oxygen atoms in total. The number of rotatable bonds is 1.